The third-order valence-electron chi connectivity index (χ3n) is 4.62. The molecular formula is C15H21N3O3. The summed E-state index contributed by atoms with van der Waals surface area (Å²) >= 11 is 0. The predicted octanol–water partition coefficient (Wildman–Crippen LogP) is 1.96. The fraction of sp³-hybridized carbons (Fsp3) is 0.667. The van der Waals surface area contributed by atoms with Gasteiger partial charge in [0.05, 0.1) is 12.2 Å². The quantitative estimate of drug-likeness (QED) is 0.897. The molecule has 3 heterocycles. The smallest absolute Gasteiger partial charge is 0.341 e. The molecule has 0 radical (unpaired) electrons. The van der Waals surface area contributed by atoms with Crippen molar-refractivity contribution < 1.29 is 14.6 Å². The SMILES string of the molecule is CC1(C)CC2(CCN(c3ncncc3C(=O)O)CC2)CO1. The third kappa shape index (κ3) is 2.72. The molecule has 0 aromatic carbocycles. The highest BCUT2D eigenvalue weighted by molar-refractivity contribution is 5.92. The van der Waals surface area contributed by atoms with Crippen LogP contribution in [-0.4, -0.2) is 46.3 Å². The first-order chi connectivity index (χ1) is 9.91. The number of anilines is 1. The van der Waals surface area contributed by atoms with Gasteiger partial charge in [0, 0.05) is 19.3 Å². The van der Waals surface area contributed by atoms with Gasteiger partial charge in [-0.2, -0.15) is 0 Å². The number of carboxylic acids is 1. The molecular weight excluding hydrogens is 270 g/mol. The zero-order chi connectivity index (χ0) is 15.1. The van der Waals surface area contributed by atoms with Crippen LogP contribution in [0.5, 0.6) is 0 Å². The Balaban J connectivity index is 1.74. The number of ether oxygens (including phenoxy) is 1. The summed E-state index contributed by atoms with van der Waals surface area (Å²) in [5.74, 6) is -0.443. The average molecular weight is 291 g/mol. The molecule has 2 saturated heterocycles. The van der Waals surface area contributed by atoms with E-state index in [1.54, 1.807) is 0 Å². The van der Waals surface area contributed by atoms with Gasteiger partial charge >= 0.3 is 5.97 Å². The largest absolute Gasteiger partial charge is 0.477 e. The first-order valence-electron chi connectivity index (χ1n) is 7.33. The van der Waals surface area contributed by atoms with Crippen LogP contribution in [0.1, 0.15) is 43.5 Å². The molecule has 0 amide bonds. The van der Waals surface area contributed by atoms with Crippen molar-refractivity contribution in [2.24, 2.45) is 5.41 Å². The van der Waals surface area contributed by atoms with Gasteiger partial charge in [0.25, 0.3) is 0 Å². The summed E-state index contributed by atoms with van der Waals surface area (Å²) in [5.41, 5.74) is 0.385. The van der Waals surface area contributed by atoms with Crippen LogP contribution < -0.4 is 4.90 Å². The molecule has 0 atom stereocenters. The summed E-state index contributed by atoms with van der Waals surface area (Å²) in [4.78, 5) is 21.3. The van der Waals surface area contributed by atoms with Crippen molar-refractivity contribution in [2.75, 3.05) is 24.6 Å². The second-order valence-corrected chi connectivity index (χ2v) is 6.78. The maximum atomic E-state index is 11.3. The van der Waals surface area contributed by atoms with Crippen molar-refractivity contribution in [3.8, 4) is 0 Å². The summed E-state index contributed by atoms with van der Waals surface area (Å²) in [7, 11) is 0. The van der Waals surface area contributed by atoms with Crippen LogP contribution in [0.15, 0.2) is 12.5 Å². The Hall–Kier alpha value is -1.69. The van der Waals surface area contributed by atoms with E-state index in [-0.39, 0.29) is 16.6 Å². The highest BCUT2D eigenvalue weighted by atomic mass is 16.5. The van der Waals surface area contributed by atoms with Crippen molar-refractivity contribution in [3.63, 3.8) is 0 Å². The number of carboxylic acid groups (broad SMARTS) is 1. The van der Waals surface area contributed by atoms with Gasteiger partial charge in [0.1, 0.15) is 17.7 Å². The van der Waals surface area contributed by atoms with E-state index in [0.717, 1.165) is 39.0 Å². The minimum absolute atomic E-state index is 0.0384. The Kier molecular flexibility index (Phi) is 3.36. The minimum Gasteiger partial charge on any atom is -0.477 e. The first-order valence-corrected chi connectivity index (χ1v) is 7.33. The van der Waals surface area contributed by atoms with Crippen molar-refractivity contribution in [1.29, 1.82) is 0 Å². The minimum atomic E-state index is -0.976. The van der Waals surface area contributed by atoms with Gasteiger partial charge in [-0.1, -0.05) is 0 Å². The van der Waals surface area contributed by atoms with Crippen molar-refractivity contribution >= 4 is 11.8 Å². The lowest BCUT2D eigenvalue weighted by atomic mass is 9.74. The zero-order valence-corrected chi connectivity index (χ0v) is 12.5. The van der Waals surface area contributed by atoms with E-state index in [4.69, 9.17) is 4.74 Å². The maximum absolute atomic E-state index is 11.3. The number of nitrogens with zero attached hydrogens (tertiary/aromatic N) is 3. The highest BCUT2D eigenvalue weighted by Gasteiger charge is 2.46. The standard InChI is InChI=1S/C15H21N3O3/c1-14(2)8-15(9-21-14)3-5-18(6-4-15)12-11(13(19)20)7-16-10-17-12/h7,10H,3-6,8-9H2,1-2H3,(H,19,20). The van der Waals surface area contributed by atoms with Crippen LogP contribution in [0.25, 0.3) is 0 Å². The molecule has 2 aliphatic heterocycles. The fourth-order valence-corrected chi connectivity index (χ4v) is 3.59. The van der Waals surface area contributed by atoms with Crippen LogP contribution in [0.3, 0.4) is 0 Å². The Bertz CT molecular complexity index is 551. The number of aromatic nitrogens is 2. The molecule has 1 aromatic heterocycles. The van der Waals surface area contributed by atoms with E-state index in [1.165, 1.54) is 12.5 Å². The lowest BCUT2D eigenvalue weighted by Crippen LogP contribution is -2.42. The van der Waals surface area contributed by atoms with Crippen molar-refractivity contribution in [1.82, 2.24) is 9.97 Å². The molecule has 1 aromatic rings. The highest BCUT2D eigenvalue weighted by Crippen LogP contribution is 2.46. The summed E-state index contributed by atoms with van der Waals surface area (Å²) in [6.07, 6.45) is 5.88. The predicted molar refractivity (Wildman–Crippen MR) is 77.5 cm³/mol. The average Bonchev–Trinajstić information content (AvgIpc) is 2.75. The number of piperidine rings is 1. The van der Waals surface area contributed by atoms with Gasteiger partial charge in [-0.05, 0) is 38.5 Å². The molecule has 0 saturated carbocycles. The number of aromatic carboxylic acids is 1. The molecule has 3 rings (SSSR count). The maximum Gasteiger partial charge on any atom is 0.341 e. The molecule has 0 unspecified atom stereocenters. The zero-order valence-electron chi connectivity index (χ0n) is 12.5. The molecule has 114 valence electrons. The van der Waals surface area contributed by atoms with Crippen LogP contribution in [0.2, 0.25) is 0 Å². The topological polar surface area (TPSA) is 75.6 Å². The lowest BCUT2D eigenvalue weighted by molar-refractivity contribution is 0.0295. The third-order valence-corrected chi connectivity index (χ3v) is 4.62. The normalized spacial score (nSPS) is 23.4. The van der Waals surface area contributed by atoms with Gasteiger partial charge in [0.2, 0.25) is 0 Å². The summed E-state index contributed by atoms with van der Waals surface area (Å²) < 4.78 is 5.90. The molecule has 1 spiro atoms. The number of hydrogen-bond donors (Lipinski definition) is 1. The Morgan fingerprint density at radius 2 is 2.10 bits per heavy atom. The fourth-order valence-electron chi connectivity index (χ4n) is 3.59. The van der Waals surface area contributed by atoms with E-state index < -0.39 is 5.97 Å². The molecule has 0 bridgehead atoms. The van der Waals surface area contributed by atoms with E-state index in [0.29, 0.717) is 5.82 Å². The van der Waals surface area contributed by atoms with E-state index in [1.807, 2.05) is 0 Å². The first kappa shape index (κ1) is 14.3. The summed E-state index contributed by atoms with van der Waals surface area (Å²) in [5, 5.41) is 9.24. The molecule has 6 nitrogen and oxygen atoms in total. The second-order valence-electron chi connectivity index (χ2n) is 6.78. The Morgan fingerprint density at radius 1 is 1.38 bits per heavy atom. The molecule has 2 aliphatic rings. The van der Waals surface area contributed by atoms with Gasteiger partial charge in [-0.3, -0.25) is 0 Å². The summed E-state index contributed by atoms with van der Waals surface area (Å²) in [6.45, 7) is 6.72. The lowest BCUT2D eigenvalue weighted by Gasteiger charge is -2.39. The van der Waals surface area contributed by atoms with Crippen LogP contribution in [0.4, 0.5) is 5.82 Å². The second kappa shape index (κ2) is 4.94. The number of carbonyl (C=O) groups is 1. The Labute approximate surface area is 124 Å². The van der Waals surface area contributed by atoms with Crippen molar-refractivity contribution in [3.05, 3.63) is 18.1 Å². The summed E-state index contributed by atoms with van der Waals surface area (Å²) in [6, 6.07) is 0. The number of rotatable bonds is 2. The van der Waals surface area contributed by atoms with E-state index >= 15 is 0 Å². The van der Waals surface area contributed by atoms with E-state index in [9.17, 15) is 9.90 Å². The Morgan fingerprint density at radius 3 is 2.67 bits per heavy atom. The van der Waals surface area contributed by atoms with Gasteiger partial charge < -0.3 is 14.7 Å². The monoisotopic (exact) mass is 291 g/mol. The molecule has 21 heavy (non-hydrogen) atoms. The van der Waals surface area contributed by atoms with Crippen LogP contribution in [0, 0.1) is 5.41 Å². The van der Waals surface area contributed by atoms with Crippen LogP contribution >= 0.6 is 0 Å². The van der Waals surface area contributed by atoms with Gasteiger partial charge in [-0.25, -0.2) is 14.8 Å². The van der Waals surface area contributed by atoms with Crippen LogP contribution in [-0.2, 0) is 4.74 Å². The molecule has 6 heteroatoms. The molecule has 0 aliphatic carbocycles. The number of hydrogen-bond acceptors (Lipinski definition) is 5. The van der Waals surface area contributed by atoms with Gasteiger partial charge in [-0.15, -0.1) is 0 Å². The molecule has 1 N–H and O–H groups in total. The molecule has 2 fully saturated rings. The van der Waals surface area contributed by atoms with Gasteiger partial charge in [0.15, 0.2) is 0 Å². The van der Waals surface area contributed by atoms with E-state index in [2.05, 4.69) is 28.7 Å². The van der Waals surface area contributed by atoms with Crippen molar-refractivity contribution in [2.45, 2.75) is 38.7 Å².